The van der Waals surface area contributed by atoms with Crippen molar-refractivity contribution in [2.45, 2.75) is 45.7 Å². The Hall–Kier alpha value is -0.0800. The van der Waals surface area contributed by atoms with E-state index in [-0.39, 0.29) is 0 Å². The lowest BCUT2D eigenvalue weighted by Gasteiger charge is -2.36. The number of rotatable bonds is 2. The molecule has 0 aliphatic carbocycles. The van der Waals surface area contributed by atoms with Crippen LogP contribution >= 0.6 is 0 Å². The highest BCUT2D eigenvalue weighted by atomic mass is 15.2. The molecule has 12 heavy (non-hydrogen) atoms. The van der Waals surface area contributed by atoms with Gasteiger partial charge in [0.2, 0.25) is 0 Å². The fourth-order valence-electron chi connectivity index (χ4n) is 2.52. The van der Waals surface area contributed by atoms with Crippen LogP contribution in [0.25, 0.3) is 0 Å². The molecule has 0 amide bonds. The SMILES string of the molecule is CC1CN(C(C)CN)C(C)(C)C1. The molecule has 0 saturated carbocycles. The van der Waals surface area contributed by atoms with E-state index in [1.165, 1.54) is 13.0 Å². The summed E-state index contributed by atoms with van der Waals surface area (Å²) in [6, 6.07) is 0.532. The lowest BCUT2D eigenvalue weighted by Crippen LogP contribution is -2.47. The molecule has 1 aliphatic rings. The Morgan fingerprint density at radius 3 is 2.50 bits per heavy atom. The van der Waals surface area contributed by atoms with E-state index in [0.29, 0.717) is 11.6 Å². The molecule has 1 fully saturated rings. The van der Waals surface area contributed by atoms with Crippen LogP contribution in [0.5, 0.6) is 0 Å². The Morgan fingerprint density at radius 1 is 1.58 bits per heavy atom. The van der Waals surface area contributed by atoms with Crippen molar-refractivity contribution < 1.29 is 0 Å². The van der Waals surface area contributed by atoms with Crippen LogP contribution in [0.1, 0.15) is 34.1 Å². The Balaban J connectivity index is 2.64. The highest BCUT2D eigenvalue weighted by molar-refractivity contribution is 4.93. The molecule has 2 nitrogen and oxygen atoms in total. The topological polar surface area (TPSA) is 29.3 Å². The van der Waals surface area contributed by atoms with Gasteiger partial charge in [0.25, 0.3) is 0 Å². The fraction of sp³-hybridized carbons (Fsp3) is 1.00. The van der Waals surface area contributed by atoms with Crippen LogP contribution in [-0.2, 0) is 0 Å². The first-order chi connectivity index (χ1) is 5.47. The molecule has 0 bridgehead atoms. The van der Waals surface area contributed by atoms with Crippen molar-refractivity contribution in [2.75, 3.05) is 13.1 Å². The molecule has 2 unspecified atom stereocenters. The average molecular weight is 170 g/mol. The lowest BCUT2D eigenvalue weighted by molar-refractivity contribution is 0.128. The highest BCUT2D eigenvalue weighted by Gasteiger charge is 2.38. The summed E-state index contributed by atoms with van der Waals surface area (Å²) in [6.07, 6.45) is 1.30. The minimum Gasteiger partial charge on any atom is -0.329 e. The summed E-state index contributed by atoms with van der Waals surface area (Å²) in [5.41, 5.74) is 6.04. The molecule has 1 rings (SSSR count). The van der Waals surface area contributed by atoms with Gasteiger partial charge in [-0.1, -0.05) is 6.92 Å². The van der Waals surface area contributed by atoms with Gasteiger partial charge in [-0.25, -0.2) is 0 Å². The molecule has 2 atom stereocenters. The van der Waals surface area contributed by atoms with Gasteiger partial charge in [0.15, 0.2) is 0 Å². The summed E-state index contributed by atoms with van der Waals surface area (Å²) in [7, 11) is 0. The van der Waals surface area contributed by atoms with Gasteiger partial charge in [0.05, 0.1) is 0 Å². The van der Waals surface area contributed by atoms with Gasteiger partial charge in [0, 0.05) is 24.7 Å². The average Bonchev–Trinajstić information content (AvgIpc) is 2.23. The van der Waals surface area contributed by atoms with Gasteiger partial charge in [-0.2, -0.15) is 0 Å². The normalized spacial score (nSPS) is 32.2. The third kappa shape index (κ3) is 1.80. The van der Waals surface area contributed by atoms with Crippen molar-refractivity contribution in [3.8, 4) is 0 Å². The van der Waals surface area contributed by atoms with Crippen molar-refractivity contribution >= 4 is 0 Å². The number of hydrogen-bond donors (Lipinski definition) is 1. The second kappa shape index (κ2) is 3.35. The summed E-state index contributed by atoms with van der Waals surface area (Å²) in [6.45, 7) is 11.2. The lowest BCUT2D eigenvalue weighted by atomic mass is 9.97. The highest BCUT2D eigenvalue weighted by Crippen LogP contribution is 2.33. The summed E-state index contributed by atoms with van der Waals surface area (Å²) in [4.78, 5) is 2.54. The zero-order valence-corrected chi connectivity index (χ0v) is 8.80. The number of likely N-dealkylation sites (tertiary alicyclic amines) is 1. The van der Waals surface area contributed by atoms with E-state index >= 15 is 0 Å². The van der Waals surface area contributed by atoms with Gasteiger partial charge >= 0.3 is 0 Å². The third-order valence-corrected chi connectivity index (χ3v) is 3.01. The number of hydrogen-bond acceptors (Lipinski definition) is 2. The van der Waals surface area contributed by atoms with Crippen molar-refractivity contribution in [2.24, 2.45) is 11.7 Å². The zero-order chi connectivity index (χ0) is 9.35. The van der Waals surface area contributed by atoms with E-state index in [1.54, 1.807) is 0 Å². The van der Waals surface area contributed by atoms with Gasteiger partial charge in [-0.3, -0.25) is 4.90 Å². The smallest absolute Gasteiger partial charge is 0.0195 e. The predicted molar refractivity (Wildman–Crippen MR) is 53.1 cm³/mol. The van der Waals surface area contributed by atoms with E-state index in [1.807, 2.05) is 0 Å². The van der Waals surface area contributed by atoms with Crippen LogP contribution in [0.4, 0.5) is 0 Å². The van der Waals surface area contributed by atoms with Gasteiger partial charge < -0.3 is 5.73 Å². The van der Waals surface area contributed by atoms with E-state index in [2.05, 4.69) is 32.6 Å². The first kappa shape index (κ1) is 10.0. The van der Waals surface area contributed by atoms with Crippen LogP contribution in [-0.4, -0.2) is 29.6 Å². The van der Waals surface area contributed by atoms with Gasteiger partial charge in [-0.05, 0) is 33.1 Å². The van der Waals surface area contributed by atoms with E-state index in [0.717, 1.165) is 12.5 Å². The molecule has 72 valence electrons. The summed E-state index contributed by atoms with van der Waals surface area (Å²) < 4.78 is 0. The summed E-state index contributed by atoms with van der Waals surface area (Å²) >= 11 is 0. The van der Waals surface area contributed by atoms with Crippen molar-refractivity contribution in [3.05, 3.63) is 0 Å². The molecule has 1 heterocycles. The minimum absolute atomic E-state index is 0.359. The quantitative estimate of drug-likeness (QED) is 0.679. The van der Waals surface area contributed by atoms with Crippen LogP contribution in [0.3, 0.4) is 0 Å². The maximum atomic E-state index is 5.68. The maximum absolute atomic E-state index is 5.68. The molecule has 0 radical (unpaired) electrons. The third-order valence-electron chi connectivity index (χ3n) is 3.01. The number of nitrogens with two attached hydrogens (primary N) is 1. The molecule has 2 N–H and O–H groups in total. The van der Waals surface area contributed by atoms with Crippen LogP contribution in [0.2, 0.25) is 0 Å². The first-order valence-electron chi connectivity index (χ1n) is 4.94. The Kier molecular flexibility index (Phi) is 2.79. The van der Waals surface area contributed by atoms with Gasteiger partial charge in [0.1, 0.15) is 0 Å². The Bertz CT molecular complexity index is 154. The Labute approximate surface area is 76.1 Å². The standard InChI is InChI=1S/C10H22N2/c1-8-5-10(3,4)12(7-8)9(2)6-11/h8-9H,5-7,11H2,1-4H3. The van der Waals surface area contributed by atoms with E-state index in [9.17, 15) is 0 Å². The van der Waals surface area contributed by atoms with Crippen molar-refractivity contribution in [3.63, 3.8) is 0 Å². The van der Waals surface area contributed by atoms with Crippen LogP contribution in [0.15, 0.2) is 0 Å². The zero-order valence-electron chi connectivity index (χ0n) is 8.80. The van der Waals surface area contributed by atoms with Crippen molar-refractivity contribution in [1.82, 2.24) is 4.90 Å². The molecule has 0 aromatic rings. The molecule has 0 aromatic carbocycles. The Morgan fingerprint density at radius 2 is 2.17 bits per heavy atom. The number of nitrogens with zero attached hydrogens (tertiary/aromatic N) is 1. The summed E-state index contributed by atoms with van der Waals surface area (Å²) in [5, 5.41) is 0. The van der Waals surface area contributed by atoms with E-state index in [4.69, 9.17) is 5.73 Å². The molecular weight excluding hydrogens is 148 g/mol. The molecule has 0 spiro atoms. The molecular formula is C10H22N2. The monoisotopic (exact) mass is 170 g/mol. The maximum Gasteiger partial charge on any atom is 0.0195 e. The van der Waals surface area contributed by atoms with Gasteiger partial charge in [-0.15, -0.1) is 0 Å². The first-order valence-corrected chi connectivity index (χ1v) is 4.94. The van der Waals surface area contributed by atoms with Crippen LogP contribution in [0, 0.1) is 5.92 Å². The molecule has 0 aromatic heterocycles. The largest absolute Gasteiger partial charge is 0.329 e. The summed E-state index contributed by atoms with van der Waals surface area (Å²) in [5.74, 6) is 0.828. The minimum atomic E-state index is 0.359. The molecule has 1 saturated heterocycles. The second-order valence-corrected chi connectivity index (χ2v) is 4.86. The van der Waals surface area contributed by atoms with Crippen LogP contribution < -0.4 is 5.73 Å². The fourth-order valence-corrected chi connectivity index (χ4v) is 2.52. The predicted octanol–water partition coefficient (Wildman–Crippen LogP) is 1.45. The second-order valence-electron chi connectivity index (χ2n) is 4.86. The molecule has 2 heteroatoms. The van der Waals surface area contributed by atoms with E-state index < -0.39 is 0 Å². The van der Waals surface area contributed by atoms with Crippen molar-refractivity contribution in [1.29, 1.82) is 0 Å². The molecule has 1 aliphatic heterocycles.